The van der Waals surface area contributed by atoms with Gasteiger partial charge in [-0.15, -0.1) is 11.3 Å². The van der Waals surface area contributed by atoms with Gasteiger partial charge in [-0.05, 0) is 48.2 Å². The van der Waals surface area contributed by atoms with Crippen molar-refractivity contribution < 1.29 is 4.74 Å². The Hall–Kier alpha value is 0.1000. The highest BCUT2D eigenvalue weighted by Crippen LogP contribution is 2.28. The average Bonchev–Trinajstić information content (AvgIpc) is 2.86. The predicted molar refractivity (Wildman–Crippen MR) is 72.0 cm³/mol. The number of rotatable bonds is 4. The van der Waals surface area contributed by atoms with Gasteiger partial charge in [0.1, 0.15) is 0 Å². The molecule has 0 saturated heterocycles. The van der Waals surface area contributed by atoms with Gasteiger partial charge in [0.2, 0.25) is 0 Å². The zero-order valence-corrected chi connectivity index (χ0v) is 12.1. The van der Waals surface area contributed by atoms with Crippen LogP contribution in [0.25, 0.3) is 0 Å². The van der Waals surface area contributed by atoms with E-state index in [9.17, 15) is 0 Å². The van der Waals surface area contributed by atoms with E-state index in [2.05, 4.69) is 39.6 Å². The summed E-state index contributed by atoms with van der Waals surface area (Å²) in [5.41, 5.74) is 0. The van der Waals surface area contributed by atoms with E-state index in [-0.39, 0.29) is 0 Å². The predicted octanol–water partition coefficient (Wildman–Crippen LogP) is 3.73. The second-order valence-corrected chi connectivity index (χ2v) is 6.23. The molecular weight excluding hydrogens is 286 g/mol. The Morgan fingerprint density at radius 2 is 2.38 bits per heavy atom. The van der Waals surface area contributed by atoms with Crippen molar-refractivity contribution in [2.75, 3.05) is 7.11 Å². The zero-order chi connectivity index (χ0) is 11.5. The van der Waals surface area contributed by atoms with E-state index in [1.807, 2.05) is 7.11 Å². The minimum absolute atomic E-state index is 0.394. The van der Waals surface area contributed by atoms with Crippen LogP contribution < -0.4 is 5.32 Å². The molecular formula is C12H18BrNOS. The molecule has 2 nitrogen and oxygen atoms in total. The molecule has 0 bridgehead atoms. The Kier molecular flexibility index (Phi) is 4.41. The van der Waals surface area contributed by atoms with Crippen molar-refractivity contribution in [1.29, 1.82) is 0 Å². The normalized spacial score (nSPS) is 27.2. The van der Waals surface area contributed by atoms with E-state index in [0.717, 1.165) is 0 Å². The van der Waals surface area contributed by atoms with Crippen molar-refractivity contribution in [1.82, 2.24) is 5.32 Å². The van der Waals surface area contributed by atoms with Crippen LogP contribution in [0, 0.1) is 0 Å². The van der Waals surface area contributed by atoms with Crippen molar-refractivity contribution in [3.05, 3.63) is 20.8 Å². The molecule has 0 aliphatic heterocycles. The van der Waals surface area contributed by atoms with E-state index in [4.69, 9.17) is 4.74 Å². The second kappa shape index (κ2) is 5.63. The molecule has 1 fully saturated rings. The third-order valence-corrected chi connectivity index (χ3v) is 5.11. The molecule has 3 atom stereocenters. The first-order chi connectivity index (χ1) is 7.70. The Morgan fingerprint density at radius 1 is 1.56 bits per heavy atom. The van der Waals surface area contributed by atoms with E-state index < -0.39 is 0 Å². The molecule has 4 heteroatoms. The van der Waals surface area contributed by atoms with Crippen molar-refractivity contribution >= 4 is 27.3 Å². The molecule has 2 rings (SSSR count). The summed E-state index contributed by atoms with van der Waals surface area (Å²) in [4.78, 5) is 1.38. The first kappa shape index (κ1) is 12.6. The lowest BCUT2D eigenvalue weighted by atomic mass is 10.1. The number of methoxy groups -OCH3 is 1. The highest BCUT2D eigenvalue weighted by Gasteiger charge is 2.28. The average molecular weight is 304 g/mol. The molecule has 1 aromatic rings. The monoisotopic (exact) mass is 303 g/mol. The van der Waals surface area contributed by atoms with Crippen LogP contribution in [0.2, 0.25) is 0 Å². The Balaban J connectivity index is 1.94. The number of thiophene rings is 1. The fraction of sp³-hybridized carbons (Fsp3) is 0.667. The molecule has 1 aliphatic carbocycles. The summed E-state index contributed by atoms with van der Waals surface area (Å²) >= 11 is 5.30. The van der Waals surface area contributed by atoms with Crippen LogP contribution in [0.15, 0.2) is 15.9 Å². The molecule has 0 amide bonds. The van der Waals surface area contributed by atoms with Gasteiger partial charge in [-0.2, -0.15) is 0 Å². The van der Waals surface area contributed by atoms with Crippen LogP contribution >= 0.6 is 27.3 Å². The van der Waals surface area contributed by atoms with Gasteiger partial charge in [-0.25, -0.2) is 0 Å². The quantitative estimate of drug-likeness (QED) is 0.915. The van der Waals surface area contributed by atoms with Crippen molar-refractivity contribution in [2.45, 2.75) is 44.4 Å². The van der Waals surface area contributed by atoms with Crippen LogP contribution in [-0.2, 0) is 4.74 Å². The fourth-order valence-corrected chi connectivity index (χ4v) is 3.82. The standard InChI is InChI=1S/C12H18BrNOS/c1-8(12-6-9(13)7-16-12)14-10-4-3-5-11(10)15-2/h6-8,10-11,14H,3-5H2,1-2H3. The lowest BCUT2D eigenvalue weighted by molar-refractivity contribution is 0.0821. The third-order valence-electron chi connectivity index (χ3n) is 3.23. The van der Waals surface area contributed by atoms with Crippen LogP contribution in [-0.4, -0.2) is 19.3 Å². The Labute approximate surface area is 110 Å². The summed E-state index contributed by atoms with van der Waals surface area (Å²) < 4.78 is 6.67. The van der Waals surface area contributed by atoms with E-state index in [1.54, 1.807) is 11.3 Å². The molecule has 1 aliphatic rings. The molecule has 1 aromatic heterocycles. The topological polar surface area (TPSA) is 21.3 Å². The van der Waals surface area contributed by atoms with Crippen LogP contribution in [0.1, 0.15) is 37.1 Å². The van der Waals surface area contributed by atoms with Crippen molar-refractivity contribution in [2.24, 2.45) is 0 Å². The molecule has 1 saturated carbocycles. The summed E-state index contributed by atoms with van der Waals surface area (Å²) in [7, 11) is 1.82. The van der Waals surface area contributed by atoms with E-state index in [0.29, 0.717) is 18.2 Å². The maximum absolute atomic E-state index is 5.50. The Bertz CT molecular complexity index is 342. The van der Waals surface area contributed by atoms with Gasteiger partial charge in [-0.1, -0.05) is 0 Å². The summed E-state index contributed by atoms with van der Waals surface area (Å²) in [6.07, 6.45) is 4.09. The summed E-state index contributed by atoms with van der Waals surface area (Å²) in [6, 6.07) is 3.12. The van der Waals surface area contributed by atoms with E-state index in [1.165, 1.54) is 28.6 Å². The van der Waals surface area contributed by atoms with Crippen LogP contribution in [0.4, 0.5) is 0 Å². The lowest BCUT2D eigenvalue weighted by Crippen LogP contribution is -2.38. The number of nitrogens with one attached hydrogen (secondary N) is 1. The number of hydrogen-bond acceptors (Lipinski definition) is 3. The smallest absolute Gasteiger partial charge is 0.0724 e. The fourth-order valence-electron chi connectivity index (χ4n) is 2.36. The highest BCUT2D eigenvalue weighted by atomic mass is 79.9. The largest absolute Gasteiger partial charge is 0.380 e. The molecule has 0 aromatic carbocycles. The van der Waals surface area contributed by atoms with Crippen LogP contribution in [0.5, 0.6) is 0 Å². The molecule has 16 heavy (non-hydrogen) atoms. The van der Waals surface area contributed by atoms with Crippen LogP contribution in [0.3, 0.4) is 0 Å². The summed E-state index contributed by atoms with van der Waals surface area (Å²) in [5, 5.41) is 5.81. The number of ether oxygens (including phenoxy) is 1. The Morgan fingerprint density at radius 3 is 3.00 bits per heavy atom. The lowest BCUT2D eigenvalue weighted by Gasteiger charge is -2.23. The van der Waals surface area contributed by atoms with Crippen molar-refractivity contribution in [3.63, 3.8) is 0 Å². The molecule has 1 heterocycles. The van der Waals surface area contributed by atoms with Gasteiger partial charge in [0.05, 0.1) is 6.10 Å². The van der Waals surface area contributed by atoms with Gasteiger partial charge >= 0.3 is 0 Å². The van der Waals surface area contributed by atoms with Gasteiger partial charge in [0.25, 0.3) is 0 Å². The molecule has 3 unspecified atom stereocenters. The van der Waals surface area contributed by atoms with Gasteiger partial charge in [-0.3, -0.25) is 0 Å². The first-order valence-corrected chi connectivity index (χ1v) is 7.40. The van der Waals surface area contributed by atoms with Gasteiger partial charge in [0.15, 0.2) is 0 Å². The third kappa shape index (κ3) is 2.86. The highest BCUT2D eigenvalue weighted by molar-refractivity contribution is 9.10. The SMILES string of the molecule is COC1CCCC1NC(C)c1cc(Br)cs1. The molecule has 0 radical (unpaired) electrons. The number of hydrogen-bond donors (Lipinski definition) is 1. The number of halogens is 1. The second-order valence-electron chi connectivity index (χ2n) is 4.37. The van der Waals surface area contributed by atoms with Gasteiger partial charge in [0, 0.05) is 33.9 Å². The first-order valence-electron chi connectivity index (χ1n) is 5.73. The molecule has 90 valence electrons. The summed E-state index contributed by atoms with van der Waals surface area (Å²) in [5.74, 6) is 0. The molecule has 1 N–H and O–H groups in total. The minimum Gasteiger partial charge on any atom is -0.380 e. The minimum atomic E-state index is 0.394. The zero-order valence-electron chi connectivity index (χ0n) is 9.70. The summed E-state index contributed by atoms with van der Waals surface area (Å²) in [6.45, 7) is 2.23. The maximum atomic E-state index is 5.50. The van der Waals surface area contributed by atoms with Gasteiger partial charge < -0.3 is 10.1 Å². The van der Waals surface area contributed by atoms with Crippen molar-refractivity contribution in [3.8, 4) is 0 Å². The maximum Gasteiger partial charge on any atom is 0.0724 e. The van der Waals surface area contributed by atoms with E-state index >= 15 is 0 Å². The molecule has 0 spiro atoms.